The van der Waals surface area contributed by atoms with Crippen molar-refractivity contribution in [2.24, 2.45) is 5.14 Å². The summed E-state index contributed by atoms with van der Waals surface area (Å²) in [6.07, 6.45) is 4.28. The minimum Gasteiger partial charge on any atom is -0.308 e. The number of pyridine rings is 1. The molecule has 6 nitrogen and oxygen atoms in total. The lowest BCUT2D eigenvalue weighted by Crippen LogP contribution is -2.28. The zero-order valence-corrected chi connectivity index (χ0v) is 15.2. The molecule has 0 spiro atoms. The van der Waals surface area contributed by atoms with Crippen LogP contribution in [0.1, 0.15) is 15.9 Å². The van der Waals surface area contributed by atoms with Crippen molar-refractivity contribution < 1.29 is 13.2 Å². The molecule has 7 heteroatoms. The molecule has 0 bridgehead atoms. The molecule has 2 N–H and O–H groups in total. The maximum atomic E-state index is 12.9. The van der Waals surface area contributed by atoms with E-state index in [0.29, 0.717) is 12.1 Å². The molecule has 0 saturated heterocycles. The van der Waals surface area contributed by atoms with Gasteiger partial charge in [0.15, 0.2) is 0 Å². The second-order valence-electron chi connectivity index (χ2n) is 6.36. The van der Waals surface area contributed by atoms with Crippen molar-refractivity contribution in [3.05, 3.63) is 78.1 Å². The van der Waals surface area contributed by atoms with Crippen molar-refractivity contribution in [1.82, 2.24) is 4.98 Å². The zero-order chi connectivity index (χ0) is 19.0. The lowest BCUT2D eigenvalue weighted by molar-refractivity contribution is 0.0989. The predicted molar refractivity (Wildman–Crippen MR) is 103 cm³/mol. The van der Waals surface area contributed by atoms with Gasteiger partial charge in [0.1, 0.15) is 0 Å². The normalized spacial score (nSPS) is 13.4. The minimum absolute atomic E-state index is 0.0112. The lowest BCUT2D eigenvalue weighted by atomic mass is 10.0. The summed E-state index contributed by atoms with van der Waals surface area (Å²) in [5.41, 5.74) is 4.58. The van der Waals surface area contributed by atoms with Gasteiger partial charge in [0, 0.05) is 30.2 Å². The average Bonchev–Trinajstić information content (AvgIpc) is 3.11. The van der Waals surface area contributed by atoms with Crippen molar-refractivity contribution >= 4 is 21.6 Å². The Hall–Kier alpha value is -3.03. The first kappa shape index (κ1) is 17.4. The monoisotopic (exact) mass is 379 g/mol. The van der Waals surface area contributed by atoms with Gasteiger partial charge in [-0.3, -0.25) is 9.78 Å². The number of amides is 1. The van der Waals surface area contributed by atoms with E-state index in [4.69, 9.17) is 5.14 Å². The highest BCUT2D eigenvalue weighted by molar-refractivity contribution is 7.89. The van der Waals surface area contributed by atoms with Crippen molar-refractivity contribution in [3.8, 4) is 11.1 Å². The third-order valence-electron chi connectivity index (χ3n) is 4.66. The number of sulfonamides is 1. The number of nitrogens with two attached hydrogens (primary N) is 1. The van der Waals surface area contributed by atoms with Gasteiger partial charge in [-0.2, -0.15) is 0 Å². The number of primary sulfonamides is 1. The van der Waals surface area contributed by atoms with Gasteiger partial charge >= 0.3 is 0 Å². The number of hydrogen-bond acceptors (Lipinski definition) is 4. The van der Waals surface area contributed by atoms with E-state index < -0.39 is 10.0 Å². The third-order valence-corrected chi connectivity index (χ3v) is 5.59. The van der Waals surface area contributed by atoms with Crippen LogP contribution in [-0.4, -0.2) is 25.9 Å². The van der Waals surface area contributed by atoms with E-state index >= 15 is 0 Å². The Morgan fingerprint density at radius 1 is 0.963 bits per heavy atom. The first-order chi connectivity index (χ1) is 12.9. The molecule has 1 aromatic heterocycles. The Kier molecular flexibility index (Phi) is 4.25. The summed E-state index contributed by atoms with van der Waals surface area (Å²) >= 11 is 0. The zero-order valence-electron chi connectivity index (χ0n) is 14.4. The first-order valence-electron chi connectivity index (χ1n) is 8.41. The molecule has 1 amide bonds. The highest BCUT2D eigenvalue weighted by atomic mass is 32.2. The fraction of sp³-hybridized carbons (Fsp3) is 0.100. The van der Waals surface area contributed by atoms with E-state index in [1.807, 2.05) is 24.3 Å². The number of aromatic nitrogens is 1. The molecule has 0 atom stereocenters. The Morgan fingerprint density at radius 3 is 2.33 bits per heavy atom. The van der Waals surface area contributed by atoms with Crippen LogP contribution in [-0.2, 0) is 16.4 Å². The molecule has 1 aliphatic heterocycles. The molecule has 2 aromatic carbocycles. The molecular weight excluding hydrogens is 362 g/mol. The van der Waals surface area contributed by atoms with E-state index in [1.165, 1.54) is 24.3 Å². The van der Waals surface area contributed by atoms with Crippen LogP contribution in [0.5, 0.6) is 0 Å². The summed E-state index contributed by atoms with van der Waals surface area (Å²) in [7, 11) is -3.77. The third kappa shape index (κ3) is 3.34. The van der Waals surface area contributed by atoms with Gasteiger partial charge in [-0.05, 0) is 71.6 Å². The van der Waals surface area contributed by atoms with Crippen LogP contribution in [0.25, 0.3) is 11.1 Å². The molecule has 0 fully saturated rings. The number of benzene rings is 2. The first-order valence-corrected chi connectivity index (χ1v) is 9.96. The molecular formula is C20H17N3O3S. The van der Waals surface area contributed by atoms with E-state index in [0.717, 1.165) is 28.8 Å². The van der Waals surface area contributed by atoms with E-state index in [2.05, 4.69) is 11.1 Å². The summed E-state index contributed by atoms with van der Waals surface area (Å²) in [5, 5.41) is 5.10. The summed E-state index contributed by atoms with van der Waals surface area (Å²) in [5.74, 6) is -0.161. The topological polar surface area (TPSA) is 93.4 Å². The number of anilines is 1. The molecule has 2 heterocycles. The Balaban J connectivity index is 1.61. The maximum Gasteiger partial charge on any atom is 0.258 e. The van der Waals surface area contributed by atoms with Gasteiger partial charge in [-0.25, -0.2) is 13.6 Å². The standard InChI is InChI=1S/C20H17N3O3S/c21-27(25,26)18-4-1-15(2-5-18)20(24)23-12-9-17-13-16(3-6-19(17)23)14-7-10-22-11-8-14/h1-8,10-11,13H,9,12H2,(H2,21,25,26). The molecule has 27 heavy (non-hydrogen) atoms. The van der Waals surface area contributed by atoms with Crippen LogP contribution in [0, 0.1) is 0 Å². The van der Waals surface area contributed by atoms with E-state index in [1.54, 1.807) is 17.3 Å². The number of rotatable bonds is 3. The quantitative estimate of drug-likeness (QED) is 0.757. The fourth-order valence-electron chi connectivity index (χ4n) is 3.28. The molecule has 0 saturated carbocycles. The summed E-state index contributed by atoms with van der Waals surface area (Å²) < 4.78 is 22.7. The van der Waals surface area contributed by atoms with Gasteiger partial charge in [0.2, 0.25) is 10.0 Å². The molecule has 3 aromatic rings. The maximum absolute atomic E-state index is 12.9. The van der Waals surface area contributed by atoms with E-state index in [9.17, 15) is 13.2 Å². The second kappa shape index (κ2) is 6.61. The number of nitrogens with zero attached hydrogens (tertiary/aromatic N) is 2. The van der Waals surface area contributed by atoms with Gasteiger partial charge in [-0.1, -0.05) is 6.07 Å². The summed E-state index contributed by atoms with van der Waals surface area (Å²) in [6.45, 7) is 0.588. The smallest absolute Gasteiger partial charge is 0.258 e. The average molecular weight is 379 g/mol. The van der Waals surface area contributed by atoms with Crippen molar-refractivity contribution in [3.63, 3.8) is 0 Å². The van der Waals surface area contributed by atoms with Crippen LogP contribution in [0.2, 0.25) is 0 Å². The lowest BCUT2D eigenvalue weighted by Gasteiger charge is -2.18. The summed E-state index contributed by atoms with van der Waals surface area (Å²) in [4.78, 5) is 18.6. The highest BCUT2D eigenvalue weighted by Gasteiger charge is 2.26. The van der Waals surface area contributed by atoms with Crippen molar-refractivity contribution in [1.29, 1.82) is 0 Å². The molecule has 136 valence electrons. The number of fused-ring (bicyclic) bond motifs is 1. The SMILES string of the molecule is NS(=O)(=O)c1ccc(C(=O)N2CCc3cc(-c4ccncc4)ccc32)cc1. The van der Waals surface area contributed by atoms with Gasteiger partial charge in [0.25, 0.3) is 5.91 Å². The second-order valence-corrected chi connectivity index (χ2v) is 7.92. The number of carbonyl (C=O) groups excluding carboxylic acids is 1. The Labute approximate surface area is 157 Å². The molecule has 0 aliphatic carbocycles. The van der Waals surface area contributed by atoms with Crippen LogP contribution in [0.4, 0.5) is 5.69 Å². The Morgan fingerprint density at radius 2 is 1.67 bits per heavy atom. The molecule has 4 rings (SSSR count). The van der Waals surface area contributed by atoms with Gasteiger partial charge < -0.3 is 4.90 Å². The van der Waals surface area contributed by atoms with Gasteiger partial charge in [0.05, 0.1) is 4.90 Å². The largest absolute Gasteiger partial charge is 0.308 e. The van der Waals surface area contributed by atoms with Gasteiger partial charge in [-0.15, -0.1) is 0 Å². The number of hydrogen-bond donors (Lipinski definition) is 1. The van der Waals surface area contributed by atoms with Crippen LogP contribution < -0.4 is 10.0 Å². The summed E-state index contributed by atoms with van der Waals surface area (Å²) in [6, 6.07) is 15.6. The molecule has 0 unspecified atom stereocenters. The van der Waals surface area contributed by atoms with Crippen LogP contribution >= 0.6 is 0 Å². The van der Waals surface area contributed by atoms with Crippen molar-refractivity contribution in [2.45, 2.75) is 11.3 Å². The minimum atomic E-state index is -3.77. The van der Waals surface area contributed by atoms with Crippen molar-refractivity contribution in [2.75, 3.05) is 11.4 Å². The fourth-order valence-corrected chi connectivity index (χ4v) is 3.80. The Bertz CT molecular complexity index is 1110. The van der Waals surface area contributed by atoms with E-state index in [-0.39, 0.29) is 10.8 Å². The highest BCUT2D eigenvalue weighted by Crippen LogP contribution is 2.33. The molecule has 0 radical (unpaired) electrons. The predicted octanol–water partition coefficient (Wildman–Crippen LogP) is 2.60. The molecule has 1 aliphatic rings. The number of carbonyl (C=O) groups is 1. The van der Waals surface area contributed by atoms with Crippen LogP contribution in [0.3, 0.4) is 0 Å². The van der Waals surface area contributed by atoms with Crippen LogP contribution in [0.15, 0.2) is 71.9 Å².